The lowest BCUT2D eigenvalue weighted by Gasteiger charge is -2.18. The quantitative estimate of drug-likeness (QED) is 0.757. The Hall–Kier alpha value is -0.780. The van der Waals surface area contributed by atoms with Crippen molar-refractivity contribution in [2.45, 2.75) is 13.2 Å². The summed E-state index contributed by atoms with van der Waals surface area (Å²) in [5.41, 5.74) is 0.860. The van der Waals surface area contributed by atoms with Gasteiger partial charge in [0, 0.05) is 24.3 Å². The van der Waals surface area contributed by atoms with Crippen LogP contribution in [0.4, 0.5) is 0 Å². The van der Waals surface area contributed by atoms with Crippen molar-refractivity contribution in [2.24, 2.45) is 0 Å². The minimum atomic E-state index is -0.436. The fourth-order valence-electron chi connectivity index (χ4n) is 1.51. The third-order valence-electron chi connectivity index (χ3n) is 2.26. The molecule has 1 aromatic carbocycles. The van der Waals surface area contributed by atoms with E-state index in [1.165, 1.54) is 0 Å². The molecule has 0 fully saturated rings. The van der Waals surface area contributed by atoms with Crippen LogP contribution in [0.15, 0.2) is 16.6 Å². The molecule has 0 saturated heterocycles. The van der Waals surface area contributed by atoms with Crippen LogP contribution in [0.3, 0.4) is 0 Å². The van der Waals surface area contributed by atoms with Crippen molar-refractivity contribution in [3.8, 4) is 11.5 Å². The summed E-state index contributed by atoms with van der Waals surface area (Å²) in [5.74, 6) is 1.35. The molecule has 0 heterocycles. The van der Waals surface area contributed by atoms with Gasteiger partial charge in [-0.05, 0) is 19.1 Å². The summed E-state index contributed by atoms with van der Waals surface area (Å²) in [5, 5.41) is 0. The molecule has 1 rings (SSSR count). The van der Waals surface area contributed by atoms with Crippen molar-refractivity contribution in [2.75, 3.05) is 27.9 Å². The Kier molecular flexibility index (Phi) is 5.74. The highest BCUT2D eigenvalue weighted by Gasteiger charge is 2.17. The maximum atomic E-state index is 5.51. The van der Waals surface area contributed by atoms with E-state index >= 15 is 0 Å². The molecule has 0 amide bonds. The van der Waals surface area contributed by atoms with Gasteiger partial charge in [0.05, 0.1) is 13.7 Å². The van der Waals surface area contributed by atoms with Crippen LogP contribution >= 0.6 is 15.9 Å². The first-order valence-electron chi connectivity index (χ1n) is 5.23. The molecule has 0 aliphatic heterocycles. The lowest BCUT2D eigenvalue weighted by atomic mass is 10.2. The zero-order valence-electron chi connectivity index (χ0n) is 10.5. The Morgan fingerprint density at radius 1 is 1.12 bits per heavy atom. The summed E-state index contributed by atoms with van der Waals surface area (Å²) >= 11 is 3.46. The van der Waals surface area contributed by atoms with Gasteiger partial charge in [-0.3, -0.25) is 0 Å². The van der Waals surface area contributed by atoms with Crippen molar-refractivity contribution in [1.82, 2.24) is 0 Å². The molecule has 0 aliphatic rings. The second-order valence-corrected chi connectivity index (χ2v) is 4.12. The number of benzene rings is 1. The molecular formula is C12H17BrO4. The van der Waals surface area contributed by atoms with E-state index in [-0.39, 0.29) is 0 Å². The summed E-state index contributed by atoms with van der Waals surface area (Å²) in [6.45, 7) is 2.49. The summed E-state index contributed by atoms with van der Waals surface area (Å²) < 4.78 is 22.1. The monoisotopic (exact) mass is 304 g/mol. The highest BCUT2D eigenvalue weighted by Crippen LogP contribution is 2.37. The Balaban J connectivity index is 3.18. The number of hydrogen-bond donors (Lipinski definition) is 0. The van der Waals surface area contributed by atoms with Gasteiger partial charge in [-0.2, -0.15) is 0 Å². The average Bonchev–Trinajstić information content (AvgIpc) is 2.34. The van der Waals surface area contributed by atoms with E-state index in [2.05, 4.69) is 15.9 Å². The van der Waals surface area contributed by atoms with Gasteiger partial charge in [0.1, 0.15) is 0 Å². The molecular weight excluding hydrogens is 288 g/mol. The van der Waals surface area contributed by atoms with Gasteiger partial charge < -0.3 is 18.9 Å². The first kappa shape index (κ1) is 14.3. The van der Waals surface area contributed by atoms with Gasteiger partial charge in [-0.15, -0.1) is 0 Å². The van der Waals surface area contributed by atoms with Gasteiger partial charge >= 0.3 is 0 Å². The predicted octanol–water partition coefficient (Wildman–Crippen LogP) is 3.15. The standard InChI is InChI=1S/C12H17BrO4/c1-5-17-11-6-8(12(15-3)16-4)9(13)7-10(11)14-2/h6-7,12H,5H2,1-4H3. The summed E-state index contributed by atoms with van der Waals surface area (Å²) in [6, 6.07) is 3.69. The second-order valence-electron chi connectivity index (χ2n) is 3.26. The zero-order chi connectivity index (χ0) is 12.8. The van der Waals surface area contributed by atoms with Gasteiger partial charge in [0.2, 0.25) is 0 Å². The number of methoxy groups -OCH3 is 3. The van der Waals surface area contributed by atoms with E-state index in [9.17, 15) is 0 Å². The van der Waals surface area contributed by atoms with E-state index in [0.29, 0.717) is 18.1 Å². The first-order chi connectivity index (χ1) is 8.17. The maximum Gasteiger partial charge on any atom is 0.184 e. The SMILES string of the molecule is CCOc1cc(C(OC)OC)c(Br)cc1OC. The summed E-state index contributed by atoms with van der Waals surface area (Å²) in [6.07, 6.45) is -0.436. The smallest absolute Gasteiger partial charge is 0.184 e. The van der Waals surface area contributed by atoms with Gasteiger partial charge in [-0.25, -0.2) is 0 Å². The topological polar surface area (TPSA) is 36.9 Å². The van der Waals surface area contributed by atoms with Crippen LogP contribution < -0.4 is 9.47 Å². The Morgan fingerprint density at radius 2 is 1.76 bits per heavy atom. The van der Waals surface area contributed by atoms with Gasteiger partial charge in [-0.1, -0.05) is 15.9 Å². The molecule has 0 atom stereocenters. The Morgan fingerprint density at radius 3 is 2.24 bits per heavy atom. The molecule has 0 saturated carbocycles. The maximum absolute atomic E-state index is 5.51. The number of halogens is 1. The van der Waals surface area contributed by atoms with E-state index in [1.54, 1.807) is 21.3 Å². The number of hydrogen-bond acceptors (Lipinski definition) is 4. The minimum Gasteiger partial charge on any atom is -0.493 e. The van der Waals surface area contributed by atoms with Gasteiger partial charge in [0.15, 0.2) is 17.8 Å². The third kappa shape index (κ3) is 3.34. The molecule has 5 heteroatoms. The first-order valence-corrected chi connectivity index (χ1v) is 6.03. The summed E-state index contributed by atoms with van der Waals surface area (Å²) in [4.78, 5) is 0. The molecule has 17 heavy (non-hydrogen) atoms. The third-order valence-corrected chi connectivity index (χ3v) is 2.95. The zero-order valence-corrected chi connectivity index (χ0v) is 12.0. The highest BCUT2D eigenvalue weighted by molar-refractivity contribution is 9.10. The van der Waals surface area contributed by atoms with Crippen molar-refractivity contribution in [3.05, 3.63) is 22.2 Å². The van der Waals surface area contributed by atoms with Crippen molar-refractivity contribution < 1.29 is 18.9 Å². The average molecular weight is 305 g/mol. The molecule has 0 N–H and O–H groups in total. The summed E-state index contributed by atoms with van der Waals surface area (Å²) in [7, 11) is 4.78. The van der Waals surface area contributed by atoms with E-state index < -0.39 is 6.29 Å². The van der Waals surface area contributed by atoms with Crippen molar-refractivity contribution >= 4 is 15.9 Å². The molecule has 4 nitrogen and oxygen atoms in total. The fourth-order valence-corrected chi connectivity index (χ4v) is 2.02. The van der Waals surface area contributed by atoms with Crippen LogP contribution in [0.25, 0.3) is 0 Å². The number of ether oxygens (including phenoxy) is 4. The van der Waals surface area contributed by atoms with E-state index in [1.807, 2.05) is 19.1 Å². The number of rotatable bonds is 6. The Bertz CT molecular complexity index is 364. The van der Waals surface area contributed by atoms with Crippen LogP contribution in [0.1, 0.15) is 18.8 Å². The molecule has 0 aromatic heterocycles. The van der Waals surface area contributed by atoms with Crippen LogP contribution in [-0.4, -0.2) is 27.9 Å². The van der Waals surface area contributed by atoms with Crippen molar-refractivity contribution in [1.29, 1.82) is 0 Å². The lowest BCUT2D eigenvalue weighted by molar-refractivity contribution is -0.106. The van der Waals surface area contributed by atoms with Gasteiger partial charge in [0.25, 0.3) is 0 Å². The lowest BCUT2D eigenvalue weighted by Crippen LogP contribution is -2.06. The highest BCUT2D eigenvalue weighted by atomic mass is 79.9. The predicted molar refractivity (Wildman–Crippen MR) is 68.6 cm³/mol. The molecule has 0 aliphatic carbocycles. The van der Waals surface area contributed by atoms with Crippen LogP contribution in [0.5, 0.6) is 11.5 Å². The molecule has 0 spiro atoms. The molecule has 0 radical (unpaired) electrons. The normalized spacial score (nSPS) is 10.7. The molecule has 0 bridgehead atoms. The van der Waals surface area contributed by atoms with Crippen LogP contribution in [-0.2, 0) is 9.47 Å². The molecule has 0 unspecified atom stereocenters. The Labute approximate surface area is 110 Å². The second kappa shape index (κ2) is 6.83. The fraction of sp³-hybridized carbons (Fsp3) is 0.500. The largest absolute Gasteiger partial charge is 0.493 e. The van der Waals surface area contributed by atoms with E-state index in [0.717, 1.165) is 10.0 Å². The van der Waals surface area contributed by atoms with Crippen molar-refractivity contribution in [3.63, 3.8) is 0 Å². The minimum absolute atomic E-state index is 0.436. The van der Waals surface area contributed by atoms with Crippen LogP contribution in [0.2, 0.25) is 0 Å². The van der Waals surface area contributed by atoms with E-state index in [4.69, 9.17) is 18.9 Å². The van der Waals surface area contributed by atoms with Crippen LogP contribution in [0, 0.1) is 0 Å². The molecule has 1 aromatic rings. The molecule has 96 valence electrons.